The van der Waals surface area contributed by atoms with Crippen LogP contribution in [0.2, 0.25) is 0 Å². The maximum Gasteiger partial charge on any atom is 0.406 e. The molecule has 1 saturated heterocycles. The molecule has 1 aliphatic heterocycles. The van der Waals surface area contributed by atoms with Gasteiger partial charge in [-0.2, -0.15) is 13.2 Å². The molecule has 1 fully saturated rings. The van der Waals surface area contributed by atoms with E-state index in [0.29, 0.717) is 12.4 Å². The van der Waals surface area contributed by atoms with Gasteiger partial charge >= 0.3 is 6.18 Å². The molecular formula is C15H23F3N4O. The van der Waals surface area contributed by atoms with E-state index in [9.17, 15) is 18.0 Å². The number of hydrogen-bond donors (Lipinski definition) is 0. The van der Waals surface area contributed by atoms with Crippen molar-refractivity contribution < 1.29 is 18.0 Å². The third-order valence-electron chi connectivity index (χ3n) is 3.92. The lowest BCUT2D eigenvalue weighted by atomic mass is 9.96. The average molecular weight is 332 g/mol. The summed E-state index contributed by atoms with van der Waals surface area (Å²) in [5.74, 6) is 0.314. The molecule has 1 aromatic rings. The molecule has 8 heteroatoms. The van der Waals surface area contributed by atoms with Crippen LogP contribution in [0.1, 0.15) is 33.5 Å². The van der Waals surface area contributed by atoms with Crippen LogP contribution in [0.4, 0.5) is 13.2 Å². The maximum absolute atomic E-state index is 12.6. The number of amides is 1. The Balaban J connectivity index is 2.11. The first-order chi connectivity index (χ1) is 10.5. The largest absolute Gasteiger partial charge is 0.406 e. The van der Waals surface area contributed by atoms with Gasteiger partial charge in [-0.1, -0.05) is 0 Å². The van der Waals surface area contributed by atoms with E-state index in [4.69, 9.17) is 0 Å². The van der Waals surface area contributed by atoms with Crippen LogP contribution in [-0.2, 0) is 17.9 Å². The van der Waals surface area contributed by atoms with E-state index in [2.05, 4.69) is 4.98 Å². The number of alkyl halides is 3. The van der Waals surface area contributed by atoms with E-state index < -0.39 is 12.7 Å². The van der Waals surface area contributed by atoms with Crippen LogP contribution in [-0.4, -0.2) is 56.1 Å². The average Bonchev–Trinajstić information content (AvgIpc) is 2.70. The Bertz CT molecular complexity index is 565. The molecule has 5 nitrogen and oxygen atoms in total. The minimum atomic E-state index is -4.29. The van der Waals surface area contributed by atoms with E-state index in [1.165, 1.54) is 12.4 Å². The van der Waals surface area contributed by atoms with Crippen molar-refractivity contribution >= 4 is 5.91 Å². The van der Waals surface area contributed by atoms with Gasteiger partial charge < -0.3 is 9.47 Å². The number of nitrogens with zero attached hydrogens (tertiary/aromatic N) is 4. The summed E-state index contributed by atoms with van der Waals surface area (Å²) in [6.45, 7) is 7.82. The summed E-state index contributed by atoms with van der Waals surface area (Å²) in [4.78, 5) is 20.1. The summed E-state index contributed by atoms with van der Waals surface area (Å²) >= 11 is 0. The van der Waals surface area contributed by atoms with Gasteiger partial charge in [0.25, 0.3) is 0 Å². The SMILES string of the molecule is CC(C)N1C(=O)CN(Cc2nccn2CC(F)(F)F)CC1(C)C. The van der Waals surface area contributed by atoms with Gasteiger partial charge in [0.1, 0.15) is 12.4 Å². The first-order valence-electron chi connectivity index (χ1n) is 7.61. The predicted octanol–water partition coefficient (Wildman–Crippen LogP) is 2.28. The highest BCUT2D eigenvalue weighted by Gasteiger charge is 2.40. The number of halogens is 3. The number of aromatic nitrogens is 2. The summed E-state index contributed by atoms with van der Waals surface area (Å²) in [5.41, 5.74) is -0.370. The van der Waals surface area contributed by atoms with Crippen LogP contribution in [0.5, 0.6) is 0 Å². The lowest BCUT2D eigenvalue weighted by molar-refractivity contribution is -0.149. The van der Waals surface area contributed by atoms with Gasteiger partial charge in [0, 0.05) is 25.0 Å². The van der Waals surface area contributed by atoms with Crippen molar-refractivity contribution in [3.05, 3.63) is 18.2 Å². The topological polar surface area (TPSA) is 41.4 Å². The van der Waals surface area contributed by atoms with Gasteiger partial charge in [0.2, 0.25) is 5.91 Å². The van der Waals surface area contributed by atoms with Crippen LogP contribution in [0.3, 0.4) is 0 Å². The molecule has 2 rings (SSSR count). The van der Waals surface area contributed by atoms with Crippen molar-refractivity contribution in [2.24, 2.45) is 0 Å². The smallest absolute Gasteiger partial charge is 0.333 e. The zero-order valence-corrected chi connectivity index (χ0v) is 13.9. The molecule has 0 spiro atoms. The molecule has 0 atom stereocenters. The van der Waals surface area contributed by atoms with E-state index >= 15 is 0 Å². The van der Waals surface area contributed by atoms with Crippen molar-refractivity contribution in [2.45, 2.75) is 58.5 Å². The summed E-state index contributed by atoms with van der Waals surface area (Å²) in [6.07, 6.45) is -1.61. The molecule has 1 amide bonds. The minimum absolute atomic E-state index is 0.00909. The van der Waals surface area contributed by atoms with Crippen molar-refractivity contribution in [3.63, 3.8) is 0 Å². The van der Waals surface area contributed by atoms with Gasteiger partial charge in [0.05, 0.1) is 18.6 Å². The molecule has 130 valence electrons. The Labute approximate surface area is 134 Å². The van der Waals surface area contributed by atoms with Gasteiger partial charge in [0.15, 0.2) is 0 Å². The number of carbonyl (C=O) groups is 1. The fourth-order valence-corrected chi connectivity index (χ4v) is 3.41. The molecule has 0 saturated carbocycles. The van der Waals surface area contributed by atoms with Gasteiger partial charge in [-0.05, 0) is 27.7 Å². The molecule has 0 aliphatic carbocycles. The van der Waals surface area contributed by atoms with Gasteiger partial charge in [-0.3, -0.25) is 9.69 Å². The van der Waals surface area contributed by atoms with Crippen LogP contribution in [0, 0.1) is 0 Å². The molecule has 0 unspecified atom stereocenters. The first kappa shape index (κ1) is 17.8. The van der Waals surface area contributed by atoms with Crippen LogP contribution < -0.4 is 0 Å². The van der Waals surface area contributed by atoms with Crippen LogP contribution >= 0.6 is 0 Å². The second kappa shape index (κ2) is 6.14. The van der Waals surface area contributed by atoms with Crippen LogP contribution in [0.15, 0.2) is 12.4 Å². The molecule has 0 radical (unpaired) electrons. The third-order valence-corrected chi connectivity index (χ3v) is 3.92. The number of imidazole rings is 1. The minimum Gasteiger partial charge on any atom is -0.333 e. The highest BCUT2D eigenvalue weighted by molar-refractivity contribution is 5.80. The Kier molecular flexibility index (Phi) is 4.75. The Morgan fingerprint density at radius 3 is 2.52 bits per heavy atom. The second-order valence-corrected chi connectivity index (χ2v) is 6.90. The number of hydrogen-bond acceptors (Lipinski definition) is 3. The molecule has 0 bridgehead atoms. The van der Waals surface area contributed by atoms with E-state index in [1.807, 2.05) is 37.5 Å². The van der Waals surface area contributed by atoms with E-state index in [-0.39, 0.29) is 30.6 Å². The second-order valence-electron chi connectivity index (χ2n) is 6.90. The summed E-state index contributed by atoms with van der Waals surface area (Å²) < 4.78 is 38.8. The van der Waals surface area contributed by atoms with Gasteiger partial charge in [-0.15, -0.1) is 0 Å². The van der Waals surface area contributed by atoms with Crippen molar-refractivity contribution in [1.82, 2.24) is 19.4 Å². The first-order valence-corrected chi connectivity index (χ1v) is 7.61. The quantitative estimate of drug-likeness (QED) is 0.849. The third kappa shape index (κ3) is 4.25. The molecular weight excluding hydrogens is 309 g/mol. The zero-order chi connectivity index (χ0) is 17.4. The number of piperazine rings is 1. The fraction of sp³-hybridized carbons (Fsp3) is 0.733. The number of rotatable bonds is 4. The summed E-state index contributed by atoms with van der Waals surface area (Å²) in [7, 11) is 0. The predicted molar refractivity (Wildman–Crippen MR) is 79.6 cm³/mol. The molecule has 0 N–H and O–H groups in total. The highest BCUT2D eigenvalue weighted by Crippen LogP contribution is 2.25. The fourth-order valence-electron chi connectivity index (χ4n) is 3.41. The lowest BCUT2D eigenvalue weighted by Crippen LogP contribution is -2.63. The lowest BCUT2D eigenvalue weighted by Gasteiger charge is -2.48. The van der Waals surface area contributed by atoms with Crippen molar-refractivity contribution in [1.29, 1.82) is 0 Å². The number of carbonyl (C=O) groups excluding carboxylic acids is 1. The standard InChI is InChI=1S/C15H23F3N4O/c1-11(2)22-13(23)8-20(9-14(22,3)4)7-12-19-5-6-21(12)10-15(16,17)18/h5-6,11H,7-10H2,1-4H3. The maximum atomic E-state index is 12.6. The highest BCUT2D eigenvalue weighted by atomic mass is 19.4. The zero-order valence-electron chi connectivity index (χ0n) is 13.9. The molecule has 23 heavy (non-hydrogen) atoms. The molecule has 0 aromatic carbocycles. The van der Waals surface area contributed by atoms with Gasteiger partial charge in [-0.25, -0.2) is 4.98 Å². The molecule has 2 heterocycles. The Morgan fingerprint density at radius 1 is 1.35 bits per heavy atom. The van der Waals surface area contributed by atoms with E-state index in [1.54, 1.807) is 0 Å². The van der Waals surface area contributed by atoms with Crippen molar-refractivity contribution in [3.8, 4) is 0 Å². The molecule has 1 aliphatic rings. The monoisotopic (exact) mass is 332 g/mol. The normalized spacial score (nSPS) is 19.7. The summed E-state index contributed by atoms with van der Waals surface area (Å²) in [6, 6.07) is 0.0897. The van der Waals surface area contributed by atoms with Crippen molar-refractivity contribution in [2.75, 3.05) is 13.1 Å². The summed E-state index contributed by atoms with van der Waals surface area (Å²) in [5, 5.41) is 0. The Hall–Kier alpha value is -1.57. The molecule has 1 aromatic heterocycles. The Morgan fingerprint density at radius 2 is 2.00 bits per heavy atom. The van der Waals surface area contributed by atoms with Crippen LogP contribution in [0.25, 0.3) is 0 Å². The van der Waals surface area contributed by atoms with E-state index in [0.717, 1.165) is 4.57 Å².